The summed E-state index contributed by atoms with van der Waals surface area (Å²) in [6, 6.07) is 8.88. The summed E-state index contributed by atoms with van der Waals surface area (Å²) < 4.78 is 0. The summed E-state index contributed by atoms with van der Waals surface area (Å²) in [6.45, 7) is 0.402. The Morgan fingerprint density at radius 3 is 2.55 bits per heavy atom. The lowest BCUT2D eigenvalue weighted by Gasteiger charge is -2.18. The van der Waals surface area contributed by atoms with E-state index in [9.17, 15) is 4.79 Å². The van der Waals surface area contributed by atoms with Crippen molar-refractivity contribution in [2.24, 2.45) is 0 Å². The molecule has 1 amide bonds. The largest absolute Gasteiger partial charge is 0.337 e. The predicted octanol–water partition coefficient (Wildman–Crippen LogP) is 4.31. The number of benzene rings is 1. The molecule has 2 aromatic rings. The lowest BCUT2D eigenvalue weighted by Crippen LogP contribution is -2.26. The number of carbonyl (C=O) groups excluding carboxylic acids is 1. The molecular formula is C14H11Cl3N2O. The van der Waals surface area contributed by atoms with E-state index >= 15 is 0 Å². The number of rotatable bonds is 3. The van der Waals surface area contributed by atoms with Gasteiger partial charge >= 0.3 is 0 Å². The Morgan fingerprint density at radius 2 is 1.90 bits per heavy atom. The minimum absolute atomic E-state index is 0.178. The fourth-order valence-corrected chi connectivity index (χ4v) is 2.18. The molecule has 0 N–H and O–H groups in total. The van der Waals surface area contributed by atoms with E-state index in [0.29, 0.717) is 17.1 Å². The zero-order valence-electron chi connectivity index (χ0n) is 10.6. The molecule has 0 radical (unpaired) electrons. The van der Waals surface area contributed by atoms with Crippen LogP contribution in [0.15, 0.2) is 36.5 Å². The summed E-state index contributed by atoms with van der Waals surface area (Å²) in [4.78, 5) is 17.7. The monoisotopic (exact) mass is 328 g/mol. The van der Waals surface area contributed by atoms with Crippen LogP contribution in [0.4, 0.5) is 0 Å². The Labute approximate surface area is 132 Å². The maximum Gasteiger partial charge on any atom is 0.255 e. The molecule has 104 valence electrons. The number of carbonyl (C=O) groups is 1. The first kappa shape index (κ1) is 15.1. The van der Waals surface area contributed by atoms with Crippen LogP contribution in [-0.4, -0.2) is 22.8 Å². The third-order valence-electron chi connectivity index (χ3n) is 2.76. The van der Waals surface area contributed by atoms with E-state index in [-0.39, 0.29) is 16.1 Å². The molecular weight excluding hydrogens is 319 g/mol. The average molecular weight is 330 g/mol. The van der Waals surface area contributed by atoms with Crippen LogP contribution in [-0.2, 0) is 6.54 Å². The van der Waals surface area contributed by atoms with Crippen molar-refractivity contribution >= 4 is 40.7 Å². The van der Waals surface area contributed by atoms with Crippen LogP contribution in [0.2, 0.25) is 15.2 Å². The molecule has 0 atom stereocenters. The quantitative estimate of drug-likeness (QED) is 0.786. The normalized spacial score (nSPS) is 10.4. The van der Waals surface area contributed by atoms with Crippen LogP contribution in [0.25, 0.3) is 0 Å². The zero-order chi connectivity index (χ0) is 14.7. The molecule has 1 aromatic heterocycles. The highest BCUT2D eigenvalue weighted by molar-refractivity contribution is 6.41. The average Bonchev–Trinajstić information content (AvgIpc) is 2.43. The fraction of sp³-hybridized carbons (Fsp3) is 0.143. The summed E-state index contributed by atoms with van der Waals surface area (Å²) in [7, 11) is 1.69. The van der Waals surface area contributed by atoms with Crippen molar-refractivity contribution in [2.45, 2.75) is 6.54 Å². The first-order valence-corrected chi connectivity index (χ1v) is 6.92. The van der Waals surface area contributed by atoms with Gasteiger partial charge in [0.05, 0.1) is 10.6 Å². The summed E-state index contributed by atoms with van der Waals surface area (Å²) in [5.41, 5.74) is 1.26. The van der Waals surface area contributed by atoms with E-state index in [1.165, 1.54) is 12.3 Å². The zero-order valence-corrected chi connectivity index (χ0v) is 12.9. The van der Waals surface area contributed by atoms with Crippen LogP contribution in [0.5, 0.6) is 0 Å². The van der Waals surface area contributed by atoms with E-state index in [1.807, 2.05) is 18.2 Å². The number of hydrogen-bond donors (Lipinski definition) is 0. The summed E-state index contributed by atoms with van der Waals surface area (Å²) in [5.74, 6) is -0.198. The van der Waals surface area contributed by atoms with Crippen molar-refractivity contribution < 1.29 is 4.79 Å². The number of halogens is 3. The van der Waals surface area contributed by atoms with Gasteiger partial charge < -0.3 is 4.90 Å². The van der Waals surface area contributed by atoms with E-state index in [2.05, 4.69) is 4.98 Å². The Kier molecular flexibility index (Phi) is 4.86. The van der Waals surface area contributed by atoms with Crippen molar-refractivity contribution in [1.29, 1.82) is 0 Å². The lowest BCUT2D eigenvalue weighted by atomic mass is 10.2. The molecule has 1 aromatic carbocycles. The van der Waals surface area contributed by atoms with Gasteiger partial charge in [-0.15, -0.1) is 0 Å². The molecule has 2 rings (SSSR count). The fourth-order valence-electron chi connectivity index (χ4n) is 1.71. The third-order valence-corrected chi connectivity index (χ3v) is 3.81. The van der Waals surface area contributed by atoms with Gasteiger partial charge in [0.25, 0.3) is 5.91 Å². The summed E-state index contributed by atoms with van der Waals surface area (Å²) in [5, 5.41) is 1.06. The van der Waals surface area contributed by atoms with Gasteiger partial charge in [0.2, 0.25) is 0 Å². The predicted molar refractivity (Wildman–Crippen MR) is 81.5 cm³/mol. The molecule has 20 heavy (non-hydrogen) atoms. The first-order valence-electron chi connectivity index (χ1n) is 5.79. The highest BCUT2D eigenvalue weighted by Crippen LogP contribution is 2.21. The maximum atomic E-state index is 12.3. The molecule has 0 aliphatic carbocycles. The molecule has 0 fully saturated rings. The minimum atomic E-state index is -0.198. The standard InChI is InChI=1S/C14H11Cl3N2O/c1-19(8-9-4-2-3-5-11(9)15)14(20)10-6-12(16)13(17)18-7-10/h2-7H,8H2,1H3. The second-order valence-corrected chi connectivity index (χ2v) is 5.42. The topological polar surface area (TPSA) is 33.2 Å². The van der Waals surface area contributed by atoms with Gasteiger partial charge in [0.15, 0.2) is 0 Å². The van der Waals surface area contributed by atoms with Crippen molar-refractivity contribution in [1.82, 2.24) is 9.88 Å². The molecule has 0 spiro atoms. The number of amides is 1. The number of hydrogen-bond acceptors (Lipinski definition) is 2. The van der Waals surface area contributed by atoms with Crippen LogP contribution in [0, 0.1) is 0 Å². The highest BCUT2D eigenvalue weighted by Gasteiger charge is 2.15. The second-order valence-electron chi connectivity index (χ2n) is 4.25. The van der Waals surface area contributed by atoms with Crippen molar-refractivity contribution in [3.63, 3.8) is 0 Å². The van der Waals surface area contributed by atoms with E-state index in [4.69, 9.17) is 34.8 Å². The molecule has 0 aliphatic rings. The Bertz CT molecular complexity index is 646. The SMILES string of the molecule is CN(Cc1ccccc1Cl)C(=O)c1cnc(Cl)c(Cl)c1. The Balaban J connectivity index is 2.16. The van der Waals surface area contributed by atoms with Crippen LogP contribution < -0.4 is 0 Å². The number of aromatic nitrogens is 1. The first-order chi connectivity index (χ1) is 9.49. The summed E-state index contributed by atoms with van der Waals surface area (Å²) in [6.07, 6.45) is 1.40. The number of nitrogens with zero attached hydrogens (tertiary/aromatic N) is 2. The Hall–Kier alpha value is -1.29. The lowest BCUT2D eigenvalue weighted by molar-refractivity contribution is 0.0785. The van der Waals surface area contributed by atoms with Gasteiger partial charge in [0.1, 0.15) is 5.15 Å². The minimum Gasteiger partial charge on any atom is -0.337 e. The van der Waals surface area contributed by atoms with E-state index in [0.717, 1.165) is 5.56 Å². The van der Waals surface area contributed by atoms with E-state index in [1.54, 1.807) is 18.0 Å². The maximum absolute atomic E-state index is 12.3. The van der Waals surface area contributed by atoms with Gasteiger partial charge in [-0.1, -0.05) is 53.0 Å². The third kappa shape index (κ3) is 3.42. The molecule has 1 heterocycles. The molecule has 0 bridgehead atoms. The molecule has 3 nitrogen and oxygen atoms in total. The van der Waals surface area contributed by atoms with Gasteiger partial charge in [-0.3, -0.25) is 4.79 Å². The van der Waals surface area contributed by atoms with Crippen molar-refractivity contribution in [3.8, 4) is 0 Å². The van der Waals surface area contributed by atoms with Crippen LogP contribution in [0.3, 0.4) is 0 Å². The van der Waals surface area contributed by atoms with Gasteiger partial charge in [0, 0.05) is 24.8 Å². The molecule has 0 unspecified atom stereocenters. The van der Waals surface area contributed by atoms with Crippen molar-refractivity contribution in [3.05, 3.63) is 62.9 Å². The van der Waals surface area contributed by atoms with Gasteiger partial charge in [-0.25, -0.2) is 4.98 Å². The molecule has 0 saturated carbocycles. The van der Waals surface area contributed by atoms with Crippen LogP contribution >= 0.6 is 34.8 Å². The van der Waals surface area contributed by atoms with Gasteiger partial charge in [-0.2, -0.15) is 0 Å². The van der Waals surface area contributed by atoms with Crippen LogP contribution in [0.1, 0.15) is 15.9 Å². The highest BCUT2D eigenvalue weighted by atomic mass is 35.5. The second kappa shape index (κ2) is 6.44. The Morgan fingerprint density at radius 1 is 1.20 bits per heavy atom. The summed E-state index contributed by atoms with van der Waals surface area (Å²) >= 11 is 17.7. The van der Waals surface area contributed by atoms with Gasteiger partial charge in [-0.05, 0) is 17.7 Å². The molecule has 6 heteroatoms. The van der Waals surface area contributed by atoms with E-state index < -0.39 is 0 Å². The smallest absolute Gasteiger partial charge is 0.255 e. The molecule has 0 saturated heterocycles. The van der Waals surface area contributed by atoms with Crippen molar-refractivity contribution in [2.75, 3.05) is 7.05 Å². The number of pyridine rings is 1. The molecule has 0 aliphatic heterocycles.